The zero-order valence-electron chi connectivity index (χ0n) is 40.0. The molecule has 368 valence electrons. The fourth-order valence-corrected chi connectivity index (χ4v) is 10.5. The number of piperidine rings is 1. The topological polar surface area (TPSA) is 61.9 Å². The molecule has 12 heteroatoms. The van der Waals surface area contributed by atoms with Gasteiger partial charge < -0.3 is 28.4 Å². The number of benzene rings is 6. The van der Waals surface area contributed by atoms with Gasteiger partial charge in [-0.1, -0.05) is 79.2 Å². The second kappa shape index (κ2) is 22.7. The Labute approximate surface area is 409 Å². The van der Waals surface area contributed by atoms with Gasteiger partial charge in [0, 0.05) is 60.0 Å². The predicted octanol–water partition coefficient (Wildman–Crippen LogP) is 12.5. The molecule has 0 radical (unpaired) electrons. The molecule has 70 heavy (non-hydrogen) atoms. The maximum atomic E-state index is 14.8. The maximum Gasteiger partial charge on any atom is 0.416 e. The SMILES string of the molecule is COc1ccc2c(c1)OC[C@@H](c1cccc(C(F)(F)F)c1)[C@H]2c1ccc(OCCN2CCCCC2)cc1.COc1ccc2c(c1)OC[C@@H](c1ccccc1F)[C@H]2c1ccc(OCCN2CCCC2)cc1. The Morgan fingerprint density at radius 2 is 0.986 bits per heavy atom. The molecule has 0 unspecified atom stereocenters. The molecule has 4 atom stereocenters. The van der Waals surface area contributed by atoms with Gasteiger partial charge in [-0.25, -0.2) is 4.39 Å². The molecule has 2 fully saturated rings. The summed E-state index contributed by atoms with van der Waals surface area (Å²) in [7, 11) is 3.24. The first-order chi connectivity index (χ1) is 34.1. The first-order valence-electron chi connectivity index (χ1n) is 24.6. The minimum Gasteiger partial charge on any atom is -0.497 e. The Hall–Kier alpha value is -6.24. The first kappa shape index (κ1) is 48.8. The number of hydrogen-bond acceptors (Lipinski definition) is 8. The highest BCUT2D eigenvalue weighted by molar-refractivity contribution is 5.53. The van der Waals surface area contributed by atoms with E-state index in [1.165, 1.54) is 63.4 Å². The van der Waals surface area contributed by atoms with Crippen molar-refractivity contribution in [1.82, 2.24) is 9.80 Å². The zero-order chi connectivity index (χ0) is 48.5. The first-order valence-corrected chi connectivity index (χ1v) is 24.6. The van der Waals surface area contributed by atoms with E-state index in [9.17, 15) is 17.6 Å². The standard InChI is InChI=1S/C30H32F3NO3.C28H30FNO3/c1-35-25-12-13-26-28(19-25)37-20-27(22-6-5-7-23(18-22)30(31,32)33)29(26)21-8-10-24(11-9-21)36-17-16-34-14-3-2-4-15-34;1-31-22-12-13-24-27(18-22)33-19-25(23-6-2-3-7-26(23)29)28(24)20-8-10-21(11-9-20)32-17-16-30-14-4-5-15-30/h5-13,18-19,27,29H,2-4,14-17,20H2,1H3;2-3,6-13,18,25,28H,4-5,14-17,19H2,1H3/t27-,29-;25-,28-/m00/s1. The van der Waals surface area contributed by atoms with Gasteiger partial charge >= 0.3 is 6.18 Å². The molecule has 0 N–H and O–H groups in total. The fraction of sp³-hybridized carbons (Fsp3) is 0.379. The van der Waals surface area contributed by atoms with Crippen molar-refractivity contribution < 1.29 is 46.0 Å². The molecular formula is C58H62F4N2O6. The molecule has 0 amide bonds. The molecule has 4 aliphatic rings. The van der Waals surface area contributed by atoms with Gasteiger partial charge in [0.25, 0.3) is 0 Å². The van der Waals surface area contributed by atoms with Crippen molar-refractivity contribution in [1.29, 1.82) is 0 Å². The summed E-state index contributed by atoms with van der Waals surface area (Å²) in [6.07, 6.45) is 1.98. The molecule has 0 bridgehead atoms. The molecule has 2 saturated heterocycles. The molecule has 0 aliphatic carbocycles. The van der Waals surface area contributed by atoms with Gasteiger partial charge in [0.15, 0.2) is 0 Å². The van der Waals surface area contributed by atoms with Gasteiger partial charge in [-0.15, -0.1) is 0 Å². The van der Waals surface area contributed by atoms with Crippen molar-refractivity contribution >= 4 is 0 Å². The Morgan fingerprint density at radius 1 is 0.500 bits per heavy atom. The summed E-state index contributed by atoms with van der Waals surface area (Å²) in [5, 5.41) is 0. The average molecular weight is 959 g/mol. The highest BCUT2D eigenvalue weighted by Gasteiger charge is 2.37. The van der Waals surface area contributed by atoms with Crippen molar-refractivity contribution in [2.45, 2.75) is 62.0 Å². The van der Waals surface area contributed by atoms with Crippen LogP contribution in [-0.4, -0.2) is 89.7 Å². The Morgan fingerprint density at radius 3 is 1.50 bits per heavy atom. The van der Waals surface area contributed by atoms with Crippen LogP contribution in [0.15, 0.2) is 133 Å². The van der Waals surface area contributed by atoms with Crippen LogP contribution in [0.2, 0.25) is 0 Å². The van der Waals surface area contributed by atoms with Gasteiger partial charge in [-0.05, 0) is 123 Å². The van der Waals surface area contributed by atoms with Crippen LogP contribution in [0, 0.1) is 5.82 Å². The minimum absolute atomic E-state index is 0.0322. The molecule has 0 spiro atoms. The molecule has 0 aromatic heterocycles. The summed E-state index contributed by atoms with van der Waals surface area (Å²) < 4.78 is 90.1. The molecule has 8 nitrogen and oxygen atoms in total. The lowest BCUT2D eigenvalue weighted by molar-refractivity contribution is -0.137. The summed E-state index contributed by atoms with van der Waals surface area (Å²) >= 11 is 0. The van der Waals surface area contributed by atoms with E-state index in [2.05, 4.69) is 21.9 Å². The Bertz CT molecular complexity index is 2630. The van der Waals surface area contributed by atoms with E-state index in [1.807, 2.05) is 84.9 Å². The molecule has 10 rings (SSSR count). The quantitative estimate of drug-likeness (QED) is 0.100. The number of likely N-dealkylation sites (tertiary alicyclic amines) is 2. The second-order valence-electron chi connectivity index (χ2n) is 18.5. The van der Waals surface area contributed by atoms with Crippen LogP contribution in [-0.2, 0) is 6.18 Å². The van der Waals surface area contributed by atoms with E-state index in [0.717, 1.165) is 77.5 Å². The zero-order valence-corrected chi connectivity index (χ0v) is 40.0. The van der Waals surface area contributed by atoms with Crippen LogP contribution in [0.25, 0.3) is 0 Å². The second-order valence-corrected chi connectivity index (χ2v) is 18.5. The number of halogens is 4. The number of hydrogen-bond donors (Lipinski definition) is 0. The third-order valence-corrected chi connectivity index (χ3v) is 14.2. The van der Waals surface area contributed by atoms with Crippen LogP contribution < -0.4 is 28.4 Å². The highest BCUT2D eigenvalue weighted by atomic mass is 19.4. The van der Waals surface area contributed by atoms with Crippen molar-refractivity contribution in [3.05, 3.63) is 178 Å². The predicted molar refractivity (Wildman–Crippen MR) is 264 cm³/mol. The summed E-state index contributed by atoms with van der Waals surface area (Å²) in [5.74, 6) is 3.73. The average Bonchev–Trinajstić information content (AvgIpc) is 3.92. The summed E-state index contributed by atoms with van der Waals surface area (Å²) in [6.45, 7) is 8.48. The number of fused-ring (bicyclic) bond motifs is 2. The van der Waals surface area contributed by atoms with Gasteiger partial charge in [0.05, 0.1) is 33.0 Å². The largest absolute Gasteiger partial charge is 0.497 e. The van der Waals surface area contributed by atoms with E-state index in [1.54, 1.807) is 26.4 Å². The number of methoxy groups -OCH3 is 2. The molecular weight excluding hydrogens is 897 g/mol. The molecule has 4 heterocycles. The Balaban J connectivity index is 0.000000175. The van der Waals surface area contributed by atoms with Crippen LogP contribution >= 0.6 is 0 Å². The summed E-state index contributed by atoms with van der Waals surface area (Å²) in [6, 6.07) is 40.3. The maximum absolute atomic E-state index is 14.8. The van der Waals surface area contributed by atoms with Crippen LogP contribution in [0.4, 0.5) is 17.6 Å². The van der Waals surface area contributed by atoms with E-state index < -0.39 is 11.7 Å². The molecule has 6 aromatic carbocycles. The van der Waals surface area contributed by atoms with Gasteiger partial charge in [-0.3, -0.25) is 9.80 Å². The third kappa shape index (κ3) is 11.7. The lowest BCUT2D eigenvalue weighted by Crippen LogP contribution is -2.33. The van der Waals surface area contributed by atoms with Crippen molar-refractivity contribution in [2.75, 3.05) is 79.9 Å². The minimum atomic E-state index is -4.40. The van der Waals surface area contributed by atoms with E-state index in [-0.39, 0.29) is 36.1 Å². The van der Waals surface area contributed by atoms with Crippen molar-refractivity contribution in [3.63, 3.8) is 0 Å². The molecule has 4 aliphatic heterocycles. The third-order valence-electron chi connectivity index (χ3n) is 14.2. The van der Waals surface area contributed by atoms with Crippen LogP contribution in [0.3, 0.4) is 0 Å². The van der Waals surface area contributed by atoms with Crippen molar-refractivity contribution in [2.24, 2.45) is 0 Å². The monoisotopic (exact) mass is 958 g/mol. The van der Waals surface area contributed by atoms with Gasteiger partial charge in [0.2, 0.25) is 0 Å². The van der Waals surface area contributed by atoms with Gasteiger partial charge in [-0.2, -0.15) is 13.2 Å². The number of rotatable bonds is 14. The molecule has 6 aromatic rings. The van der Waals surface area contributed by atoms with E-state index in [4.69, 9.17) is 28.4 Å². The highest BCUT2D eigenvalue weighted by Crippen LogP contribution is 2.49. The summed E-state index contributed by atoms with van der Waals surface area (Å²) in [5.41, 5.74) is 4.70. The van der Waals surface area contributed by atoms with E-state index >= 15 is 0 Å². The Kier molecular flexibility index (Phi) is 15.8. The van der Waals surface area contributed by atoms with Crippen LogP contribution in [0.5, 0.6) is 34.5 Å². The van der Waals surface area contributed by atoms with Crippen molar-refractivity contribution in [3.8, 4) is 34.5 Å². The smallest absolute Gasteiger partial charge is 0.416 e. The number of nitrogens with zero attached hydrogens (tertiary/aromatic N) is 2. The summed E-state index contributed by atoms with van der Waals surface area (Å²) in [4.78, 5) is 4.88. The lowest BCUT2D eigenvalue weighted by Gasteiger charge is -2.35. The van der Waals surface area contributed by atoms with Gasteiger partial charge in [0.1, 0.15) is 53.5 Å². The fourth-order valence-electron chi connectivity index (χ4n) is 10.5. The van der Waals surface area contributed by atoms with Crippen LogP contribution in [0.1, 0.15) is 94.7 Å². The molecule has 0 saturated carbocycles. The van der Waals surface area contributed by atoms with E-state index in [0.29, 0.717) is 42.4 Å². The number of alkyl halides is 3. The number of ether oxygens (including phenoxy) is 6. The normalized spacial score (nSPS) is 20.1. The lowest BCUT2D eigenvalue weighted by atomic mass is 9.75.